The lowest BCUT2D eigenvalue weighted by Gasteiger charge is -2.23. The van der Waals surface area contributed by atoms with E-state index >= 15 is 0 Å². The topological polar surface area (TPSA) is 50.4 Å². The molecule has 20 heavy (non-hydrogen) atoms. The molecule has 0 bridgehead atoms. The van der Waals surface area contributed by atoms with E-state index in [0.29, 0.717) is 30.4 Å². The quantitative estimate of drug-likeness (QED) is 0.458. The molecular weight excluding hydrogens is 375 g/mol. The third-order valence-corrected chi connectivity index (χ3v) is 3.46. The van der Waals surface area contributed by atoms with E-state index in [0.717, 1.165) is 12.6 Å². The van der Waals surface area contributed by atoms with Crippen molar-refractivity contribution < 1.29 is 8.78 Å². The van der Waals surface area contributed by atoms with Crippen LogP contribution in [-0.2, 0) is 6.42 Å². The first-order valence-corrected chi connectivity index (χ1v) is 6.63. The van der Waals surface area contributed by atoms with Crippen LogP contribution in [0, 0.1) is 17.6 Å². The van der Waals surface area contributed by atoms with Crippen LogP contribution in [0.5, 0.6) is 0 Å². The van der Waals surface area contributed by atoms with Gasteiger partial charge in [0.2, 0.25) is 0 Å². The molecule has 1 aliphatic rings. The predicted molar refractivity (Wildman–Crippen MR) is 87.3 cm³/mol. The van der Waals surface area contributed by atoms with Crippen molar-refractivity contribution >= 4 is 29.9 Å². The third-order valence-electron chi connectivity index (χ3n) is 3.46. The van der Waals surface area contributed by atoms with E-state index in [4.69, 9.17) is 5.73 Å². The second kappa shape index (κ2) is 8.39. The number of hydrogen-bond acceptors (Lipinski definition) is 1. The summed E-state index contributed by atoms with van der Waals surface area (Å²) in [6.07, 6.45) is 4.21. The number of guanidine groups is 1. The normalized spacial score (nSPS) is 15.4. The summed E-state index contributed by atoms with van der Waals surface area (Å²) in [6, 6.07) is 3.60. The van der Waals surface area contributed by atoms with Crippen LogP contribution in [0.4, 0.5) is 8.78 Å². The summed E-state index contributed by atoms with van der Waals surface area (Å²) in [7, 11) is 0. The van der Waals surface area contributed by atoms with E-state index < -0.39 is 11.6 Å². The summed E-state index contributed by atoms with van der Waals surface area (Å²) in [5.41, 5.74) is 6.19. The first-order chi connectivity index (χ1) is 9.15. The largest absolute Gasteiger partial charge is 0.370 e. The zero-order valence-corrected chi connectivity index (χ0v) is 13.6. The number of hydrogen-bond donors (Lipinski definition) is 2. The van der Waals surface area contributed by atoms with Crippen LogP contribution in [0.2, 0.25) is 0 Å². The lowest BCUT2D eigenvalue weighted by molar-refractivity contribution is 0.326. The van der Waals surface area contributed by atoms with Gasteiger partial charge in [-0.3, -0.25) is 4.99 Å². The number of nitrogens with one attached hydrogen (secondary N) is 1. The van der Waals surface area contributed by atoms with Gasteiger partial charge < -0.3 is 11.1 Å². The van der Waals surface area contributed by atoms with Gasteiger partial charge in [0.15, 0.2) is 5.96 Å². The number of aliphatic imine (C=N–C) groups is 1. The van der Waals surface area contributed by atoms with Gasteiger partial charge in [-0.25, -0.2) is 8.78 Å². The summed E-state index contributed by atoms with van der Waals surface area (Å²) < 4.78 is 26.1. The number of rotatable bonds is 5. The minimum Gasteiger partial charge on any atom is -0.370 e. The molecule has 1 saturated carbocycles. The zero-order chi connectivity index (χ0) is 13.7. The molecule has 0 aromatic heterocycles. The highest BCUT2D eigenvalue weighted by Crippen LogP contribution is 2.26. The predicted octanol–water partition coefficient (Wildman–Crippen LogP) is 2.83. The molecule has 1 aromatic rings. The van der Waals surface area contributed by atoms with Gasteiger partial charge in [-0.1, -0.05) is 12.5 Å². The molecule has 112 valence electrons. The standard InChI is InChI=1S/C14H19F2N3.HI/c15-12-5-4-11(13(16)8-12)6-7-18-14(17)19-9-10-2-1-3-10;/h4-5,8,10H,1-3,6-7,9H2,(H3,17,18,19);1H. The molecular formula is C14H20F2IN3. The Hall–Kier alpha value is -0.920. The van der Waals surface area contributed by atoms with Crippen LogP contribution in [0.15, 0.2) is 23.2 Å². The van der Waals surface area contributed by atoms with Gasteiger partial charge in [-0.05, 0) is 36.8 Å². The molecule has 0 spiro atoms. The van der Waals surface area contributed by atoms with Crippen molar-refractivity contribution in [3.05, 3.63) is 35.4 Å². The first-order valence-electron chi connectivity index (χ1n) is 6.63. The summed E-state index contributed by atoms with van der Waals surface area (Å²) in [5, 5.41) is 2.94. The third kappa shape index (κ3) is 5.22. The van der Waals surface area contributed by atoms with E-state index in [1.807, 2.05) is 0 Å². The fourth-order valence-electron chi connectivity index (χ4n) is 2.01. The lowest BCUT2D eigenvalue weighted by atomic mass is 9.86. The molecule has 0 saturated heterocycles. The van der Waals surface area contributed by atoms with E-state index in [9.17, 15) is 8.78 Å². The molecule has 1 aromatic carbocycles. The minimum absolute atomic E-state index is 0. The lowest BCUT2D eigenvalue weighted by Crippen LogP contribution is -2.34. The average Bonchev–Trinajstić information content (AvgIpc) is 2.30. The molecule has 3 nitrogen and oxygen atoms in total. The Labute approximate surface area is 135 Å². The molecule has 0 heterocycles. The van der Waals surface area contributed by atoms with Crippen molar-refractivity contribution in [1.82, 2.24) is 5.32 Å². The van der Waals surface area contributed by atoms with Gasteiger partial charge in [0, 0.05) is 19.2 Å². The Balaban J connectivity index is 0.00000200. The number of nitrogens with zero attached hydrogens (tertiary/aromatic N) is 1. The molecule has 0 atom stereocenters. The molecule has 2 rings (SSSR count). The smallest absolute Gasteiger partial charge is 0.188 e. The van der Waals surface area contributed by atoms with Crippen molar-refractivity contribution in [2.24, 2.45) is 16.6 Å². The molecule has 0 aliphatic heterocycles. The maximum atomic E-state index is 13.4. The molecule has 1 fully saturated rings. The second-order valence-electron chi connectivity index (χ2n) is 4.94. The number of nitrogens with two attached hydrogens (primary N) is 1. The molecule has 0 amide bonds. The van der Waals surface area contributed by atoms with Crippen molar-refractivity contribution in [3.8, 4) is 0 Å². The van der Waals surface area contributed by atoms with Gasteiger partial charge in [0.1, 0.15) is 11.6 Å². The average molecular weight is 395 g/mol. The summed E-state index contributed by atoms with van der Waals surface area (Å²) >= 11 is 0. The summed E-state index contributed by atoms with van der Waals surface area (Å²) in [5.74, 6) is -0.00752. The van der Waals surface area contributed by atoms with Crippen molar-refractivity contribution in [1.29, 1.82) is 0 Å². The van der Waals surface area contributed by atoms with E-state index in [-0.39, 0.29) is 24.0 Å². The Kier molecular flexibility index (Phi) is 7.18. The first kappa shape index (κ1) is 17.1. The Morgan fingerprint density at radius 3 is 2.70 bits per heavy atom. The Morgan fingerprint density at radius 1 is 1.35 bits per heavy atom. The maximum absolute atomic E-state index is 13.4. The fraction of sp³-hybridized carbons (Fsp3) is 0.500. The highest BCUT2D eigenvalue weighted by atomic mass is 127. The van der Waals surface area contributed by atoms with Gasteiger partial charge >= 0.3 is 0 Å². The second-order valence-corrected chi connectivity index (χ2v) is 4.94. The highest BCUT2D eigenvalue weighted by molar-refractivity contribution is 14.0. The molecule has 3 N–H and O–H groups in total. The van der Waals surface area contributed by atoms with E-state index in [1.54, 1.807) is 0 Å². The fourth-order valence-corrected chi connectivity index (χ4v) is 2.01. The molecule has 6 heteroatoms. The van der Waals surface area contributed by atoms with Crippen LogP contribution in [0.1, 0.15) is 24.8 Å². The minimum atomic E-state index is -0.559. The van der Waals surface area contributed by atoms with Crippen LogP contribution < -0.4 is 11.1 Å². The number of benzene rings is 1. The zero-order valence-electron chi connectivity index (χ0n) is 11.2. The van der Waals surface area contributed by atoms with Crippen LogP contribution in [0.3, 0.4) is 0 Å². The van der Waals surface area contributed by atoms with Crippen LogP contribution in [0.25, 0.3) is 0 Å². The van der Waals surface area contributed by atoms with Gasteiger partial charge in [-0.2, -0.15) is 0 Å². The van der Waals surface area contributed by atoms with E-state index in [1.165, 1.54) is 31.4 Å². The van der Waals surface area contributed by atoms with Gasteiger partial charge in [0.25, 0.3) is 0 Å². The maximum Gasteiger partial charge on any atom is 0.188 e. The molecule has 0 unspecified atom stereocenters. The van der Waals surface area contributed by atoms with Crippen molar-refractivity contribution in [3.63, 3.8) is 0 Å². The van der Waals surface area contributed by atoms with Gasteiger partial charge in [-0.15, -0.1) is 24.0 Å². The van der Waals surface area contributed by atoms with Gasteiger partial charge in [0.05, 0.1) is 0 Å². The van der Waals surface area contributed by atoms with Crippen LogP contribution >= 0.6 is 24.0 Å². The molecule has 0 radical (unpaired) electrons. The SMILES string of the molecule is I.NC(=NCC1CCC1)NCCc1ccc(F)cc1F. The van der Waals surface area contributed by atoms with Crippen molar-refractivity contribution in [2.75, 3.05) is 13.1 Å². The monoisotopic (exact) mass is 395 g/mol. The van der Waals surface area contributed by atoms with Crippen LogP contribution in [-0.4, -0.2) is 19.0 Å². The number of halogens is 3. The van der Waals surface area contributed by atoms with Crippen molar-refractivity contribution in [2.45, 2.75) is 25.7 Å². The molecule has 1 aliphatic carbocycles. The Morgan fingerprint density at radius 2 is 2.10 bits per heavy atom. The summed E-state index contributed by atoms with van der Waals surface area (Å²) in [4.78, 5) is 4.24. The highest BCUT2D eigenvalue weighted by Gasteiger charge is 2.16. The summed E-state index contributed by atoms with van der Waals surface area (Å²) in [6.45, 7) is 1.26. The van der Waals surface area contributed by atoms with E-state index in [2.05, 4.69) is 10.3 Å². The Bertz CT molecular complexity index is 462.